The molecular formula is C20H28N2O2. The molecule has 1 saturated heterocycles. The van der Waals surface area contributed by atoms with Crippen LogP contribution in [0.25, 0.3) is 0 Å². The maximum atomic E-state index is 12.6. The van der Waals surface area contributed by atoms with Gasteiger partial charge in [0.2, 0.25) is 0 Å². The molecule has 0 aliphatic carbocycles. The highest BCUT2D eigenvalue weighted by molar-refractivity contribution is 5.93. The van der Waals surface area contributed by atoms with Crippen molar-refractivity contribution in [3.8, 4) is 0 Å². The zero-order valence-electron chi connectivity index (χ0n) is 14.8. The normalized spacial score (nSPS) is 24.8. The average molecular weight is 328 g/mol. The lowest BCUT2D eigenvalue weighted by atomic mass is 9.95. The molecule has 1 fully saturated rings. The van der Waals surface area contributed by atoms with E-state index in [1.54, 1.807) is 6.26 Å². The number of hydrogen-bond donors (Lipinski definition) is 0. The summed E-state index contributed by atoms with van der Waals surface area (Å²) in [6, 6.07) is 11.4. The van der Waals surface area contributed by atoms with Crippen LogP contribution in [0.4, 0.5) is 0 Å². The van der Waals surface area contributed by atoms with Gasteiger partial charge in [-0.15, -0.1) is 0 Å². The van der Waals surface area contributed by atoms with Crippen molar-refractivity contribution < 1.29 is 9.53 Å². The minimum absolute atomic E-state index is 0.142. The lowest BCUT2D eigenvalue weighted by molar-refractivity contribution is -0.129. The Kier molecular flexibility index (Phi) is 5.56. The number of hydrogen-bond acceptors (Lipinski definition) is 3. The minimum atomic E-state index is 0.142. The largest absolute Gasteiger partial charge is 0.501 e. The van der Waals surface area contributed by atoms with Gasteiger partial charge in [-0.2, -0.15) is 0 Å². The molecule has 2 atom stereocenters. The lowest BCUT2D eigenvalue weighted by Crippen LogP contribution is -2.49. The van der Waals surface area contributed by atoms with E-state index in [0.29, 0.717) is 12.1 Å². The van der Waals surface area contributed by atoms with Gasteiger partial charge in [0.1, 0.15) is 0 Å². The van der Waals surface area contributed by atoms with E-state index in [1.807, 2.05) is 11.9 Å². The van der Waals surface area contributed by atoms with Crippen LogP contribution in [0.15, 0.2) is 42.2 Å². The maximum absolute atomic E-state index is 12.6. The molecule has 0 radical (unpaired) electrons. The van der Waals surface area contributed by atoms with Crippen LogP contribution in [0, 0.1) is 0 Å². The fourth-order valence-electron chi connectivity index (χ4n) is 3.71. The van der Waals surface area contributed by atoms with Gasteiger partial charge in [0.25, 0.3) is 5.91 Å². The standard InChI is InChI=1S/C20H28N2O2/c1-16-13-19(21(2)20(23)18-9-6-12-24-15-18)10-11-22(16)14-17-7-4-3-5-8-17/h3-5,7-8,15-16,19H,6,9-14H2,1-2H3/t16-,19+/m1/s1. The molecule has 130 valence electrons. The molecule has 0 aromatic heterocycles. The van der Waals surface area contributed by atoms with Crippen molar-refractivity contribution in [3.63, 3.8) is 0 Å². The topological polar surface area (TPSA) is 32.8 Å². The van der Waals surface area contributed by atoms with E-state index < -0.39 is 0 Å². The molecular weight excluding hydrogens is 300 g/mol. The summed E-state index contributed by atoms with van der Waals surface area (Å²) in [6.07, 6.45) is 5.51. The first-order valence-electron chi connectivity index (χ1n) is 9.01. The average Bonchev–Trinajstić information content (AvgIpc) is 2.64. The molecule has 24 heavy (non-hydrogen) atoms. The summed E-state index contributed by atoms with van der Waals surface area (Å²) in [4.78, 5) is 17.1. The fourth-order valence-corrected chi connectivity index (χ4v) is 3.71. The van der Waals surface area contributed by atoms with Gasteiger partial charge in [0, 0.05) is 32.2 Å². The van der Waals surface area contributed by atoms with Crippen molar-refractivity contribution in [2.24, 2.45) is 0 Å². The number of rotatable bonds is 4. The first kappa shape index (κ1) is 17.0. The smallest absolute Gasteiger partial charge is 0.252 e. The van der Waals surface area contributed by atoms with Gasteiger partial charge in [0.15, 0.2) is 0 Å². The number of nitrogens with zero attached hydrogens (tertiary/aromatic N) is 2. The highest BCUT2D eigenvalue weighted by Gasteiger charge is 2.31. The highest BCUT2D eigenvalue weighted by Crippen LogP contribution is 2.25. The van der Waals surface area contributed by atoms with Gasteiger partial charge in [-0.3, -0.25) is 9.69 Å². The summed E-state index contributed by atoms with van der Waals surface area (Å²) in [7, 11) is 1.95. The van der Waals surface area contributed by atoms with Gasteiger partial charge < -0.3 is 9.64 Å². The van der Waals surface area contributed by atoms with E-state index >= 15 is 0 Å². The molecule has 0 saturated carbocycles. The third-order valence-corrected chi connectivity index (χ3v) is 5.29. The first-order chi connectivity index (χ1) is 11.6. The number of piperidine rings is 1. The summed E-state index contributed by atoms with van der Waals surface area (Å²) in [6.45, 7) is 5.03. The Morgan fingerprint density at radius 1 is 1.33 bits per heavy atom. The molecule has 1 aromatic carbocycles. The molecule has 0 spiro atoms. The lowest BCUT2D eigenvalue weighted by Gasteiger charge is -2.41. The Hall–Kier alpha value is -1.81. The van der Waals surface area contributed by atoms with Gasteiger partial charge >= 0.3 is 0 Å². The number of amides is 1. The second kappa shape index (κ2) is 7.84. The van der Waals surface area contributed by atoms with Crippen molar-refractivity contribution in [1.29, 1.82) is 0 Å². The van der Waals surface area contributed by atoms with E-state index in [4.69, 9.17) is 4.74 Å². The SMILES string of the molecule is C[C@@H]1C[C@@H](N(C)C(=O)C2=COCCC2)CCN1Cc1ccccc1. The van der Waals surface area contributed by atoms with Gasteiger partial charge in [0.05, 0.1) is 18.4 Å². The Bertz CT molecular complexity index is 585. The van der Waals surface area contributed by atoms with Crippen molar-refractivity contribution in [3.05, 3.63) is 47.7 Å². The van der Waals surface area contributed by atoms with Gasteiger partial charge in [-0.1, -0.05) is 30.3 Å². The summed E-state index contributed by atoms with van der Waals surface area (Å²) in [5.41, 5.74) is 2.18. The van der Waals surface area contributed by atoms with E-state index in [1.165, 1.54) is 5.56 Å². The van der Waals surface area contributed by atoms with Crippen molar-refractivity contribution in [2.45, 2.75) is 51.2 Å². The van der Waals surface area contributed by atoms with E-state index in [9.17, 15) is 4.79 Å². The molecule has 4 nitrogen and oxygen atoms in total. The Morgan fingerprint density at radius 3 is 2.79 bits per heavy atom. The van der Waals surface area contributed by atoms with Crippen molar-refractivity contribution >= 4 is 5.91 Å². The third-order valence-electron chi connectivity index (χ3n) is 5.29. The van der Waals surface area contributed by atoms with Crippen LogP contribution in [0.1, 0.15) is 38.2 Å². The van der Waals surface area contributed by atoms with Crippen LogP contribution >= 0.6 is 0 Å². The summed E-state index contributed by atoms with van der Waals surface area (Å²) in [5, 5.41) is 0. The number of ether oxygens (including phenoxy) is 1. The van der Waals surface area contributed by atoms with Crippen LogP contribution in [0.5, 0.6) is 0 Å². The maximum Gasteiger partial charge on any atom is 0.252 e. The van der Waals surface area contributed by atoms with E-state index in [2.05, 4.69) is 42.2 Å². The predicted molar refractivity (Wildman–Crippen MR) is 95.4 cm³/mol. The van der Waals surface area contributed by atoms with Gasteiger partial charge in [-0.05, 0) is 38.2 Å². The molecule has 2 aliphatic rings. The Balaban J connectivity index is 1.56. The van der Waals surface area contributed by atoms with Crippen molar-refractivity contribution in [2.75, 3.05) is 20.2 Å². The Labute approximate surface area is 145 Å². The highest BCUT2D eigenvalue weighted by atomic mass is 16.5. The third kappa shape index (κ3) is 3.99. The summed E-state index contributed by atoms with van der Waals surface area (Å²) in [5.74, 6) is 0.142. The molecule has 2 heterocycles. The number of carbonyl (C=O) groups is 1. The van der Waals surface area contributed by atoms with E-state index in [-0.39, 0.29) is 5.91 Å². The zero-order valence-corrected chi connectivity index (χ0v) is 14.8. The first-order valence-corrected chi connectivity index (χ1v) is 9.01. The van der Waals surface area contributed by atoms with Gasteiger partial charge in [-0.25, -0.2) is 0 Å². The second-order valence-electron chi connectivity index (χ2n) is 7.02. The van der Waals surface area contributed by atoms with Crippen LogP contribution in [-0.2, 0) is 16.1 Å². The van der Waals surface area contributed by atoms with Crippen LogP contribution < -0.4 is 0 Å². The molecule has 1 aromatic rings. The zero-order chi connectivity index (χ0) is 16.9. The number of likely N-dealkylation sites (tertiary alicyclic amines) is 1. The van der Waals surface area contributed by atoms with E-state index in [0.717, 1.165) is 51.0 Å². The van der Waals surface area contributed by atoms with Crippen LogP contribution in [-0.4, -0.2) is 48.0 Å². The fraction of sp³-hybridized carbons (Fsp3) is 0.550. The number of likely N-dealkylation sites (N-methyl/N-ethyl adjacent to an activating group) is 1. The van der Waals surface area contributed by atoms with Crippen molar-refractivity contribution in [1.82, 2.24) is 9.80 Å². The molecule has 2 aliphatic heterocycles. The molecule has 1 amide bonds. The summed E-state index contributed by atoms with van der Waals surface area (Å²) < 4.78 is 5.33. The predicted octanol–water partition coefficient (Wildman–Crippen LogP) is 3.19. The minimum Gasteiger partial charge on any atom is -0.501 e. The monoisotopic (exact) mass is 328 g/mol. The Morgan fingerprint density at radius 2 is 2.12 bits per heavy atom. The molecule has 0 bridgehead atoms. The molecule has 0 unspecified atom stereocenters. The number of benzene rings is 1. The quantitative estimate of drug-likeness (QED) is 0.851. The molecule has 4 heteroatoms. The molecule has 0 N–H and O–H groups in total. The number of carbonyl (C=O) groups excluding carboxylic acids is 1. The molecule has 3 rings (SSSR count). The second-order valence-corrected chi connectivity index (χ2v) is 7.02. The summed E-state index contributed by atoms with van der Waals surface area (Å²) >= 11 is 0. The van der Waals surface area contributed by atoms with Crippen LogP contribution in [0.3, 0.4) is 0 Å². The van der Waals surface area contributed by atoms with Crippen LogP contribution in [0.2, 0.25) is 0 Å².